The summed E-state index contributed by atoms with van der Waals surface area (Å²) in [6, 6.07) is 13.1. The van der Waals surface area contributed by atoms with Crippen molar-refractivity contribution in [2.75, 3.05) is 24.9 Å². The van der Waals surface area contributed by atoms with E-state index in [0.717, 1.165) is 18.5 Å². The molecule has 0 radical (unpaired) electrons. The summed E-state index contributed by atoms with van der Waals surface area (Å²) in [5.41, 5.74) is 1.53. The Balaban J connectivity index is 0.00000338. The van der Waals surface area contributed by atoms with Gasteiger partial charge in [-0.15, -0.1) is 12.4 Å². The van der Waals surface area contributed by atoms with Crippen molar-refractivity contribution in [1.82, 2.24) is 10.6 Å². The molecule has 0 aliphatic rings. The number of nitrogens with one attached hydrogen (secondary N) is 3. The van der Waals surface area contributed by atoms with Gasteiger partial charge in [-0.1, -0.05) is 29.8 Å². The number of carbonyl (C=O) groups excluding carboxylic acids is 1. The summed E-state index contributed by atoms with van der Waals surface area (Å²) in [6.45, 7) is 3.19. The zero-order valence-electron chi connectivity index (χ0n) is 14.8. The van der Waals surface area contributed by atoms with Crippen LogP contribution in [0.1, 0.15) is 22.3 Å². The molecule has 1 amide bonds. The maximum atomic E-state index is 12.5. The normalized spacial score (nSPS) is 10.7. The van der Waals surface area contributed by atoms with Crippen LogP contribution in [0.5, 0.6) is 0 Å². The summed E-state index contributed by atoms with van der Waals surface area (Å²) in [5, 5.41) is 5.80. The molecule has 0 aromatic heterocycles. The SMILES string of the molecule is CNCCCNC(=O)c1ccccc1NS(=O)(=O)c1ccc(C)cc1.Cl. The van der Waals surface area contributed by atoms with Crippen molar-refractivity contribution >= 4 is 34.0 Å². The summed E-state index contributed by atoms with van der Waals surface area (Å²) in [6.07, 6.45) is 0.791. The predicted octanol–water partition coefficient (Wildman–Crippen LogP) is 2.56. The second-order valence-electron chi connectivity index (χ2n) is 5.68. The molecule has 0 spiro atoms. The fraction of sp³-hybridized carbons (Fsp3) is 0.278. The van der Waals surface area contributed by atoms with Gasteiger partial charge in [0.05, 0.1) is 16.1 Å². The molecule has 142 valence electrons. The average molecular weight is 398 g/mol. The smallest absolute Gasteiger partial charge is 0.261 e. The molecule has 0 aliphatic carbocycles. The topological polar surface area (TPSA) is 87.3 Å². The number of benzene rings is 2. The minimum Gasteiger partial charge on any atom is -0.352 e. The summed E-state index contributed by atoms with van der Waals surface area (Å²) < 4.78 is 27.6. The number of hydrogen-bond donors (Lipinski definition) is 3. The van der Waals surface area contributed by atoms with Crippen molar-refractivity contribution in [2.45, 2.75) is 18.2 Å². The van der Waals surface area contributed by atoms with Gasteiger partial charge in [-0.3, -0.25) is 9.52 Å². The third kappa shape index (κ3) is 6.01. The van der Waals surface area contributed by atoms with Crippen LogP contribution in [-0.2, 0) is 10.0 Å². The largest absolute Gasteiger partial charge is 0.352 e. The van der Waals surface area contributed by atoms with Crippen LogP contribution >= 0.6 is 12.4 Å². The van der Waals surface area contributed by atoms with Gasteiger partial charge in [0.1, 0.15) is 0 Å². The van der Waals surface area contributed by atoms with Crippen LogP contribution in [0.25, 0.3) is 0 Å². The van der Waals surface area contributed by atoms with Crippen molar-refractivity contribution in [3.63, 3.8) is 0 Å². The monoisotopic (exact) mass is 397 g/mol. The van der Waals surface area contributed by atoms with Gasteiger partial charge in [0, 0.05) is 6.54 Å². The van der Waals surface area contributed by atoms with Gasteiger partial charge in [-0.25, -0.2) is 8.42 Å². The van der Waals surface area contributed by atoms with E-state index in [0.29, 0.717) is 12.1 Å². The second kappa shape index (κ2) is 10.2. The van der Waals surface area contributed by atoms with Crippen LogP contribution in [0.15, 0.2) is 53.4 Å². The van der Waals surface area contributed by atoms with E-state index in [9.17, 15) is 13.2 Å². The highest BCUT2D eigenvalue weighted by Crippen LogP contribution is 2.20. The Morgan fingerprint density at radius 3 is 2.31 bits per heavy atom. The van der Waals surface area contributed by atoms with E-state index in [2.05, 4.69) is 15.4 Å². The van der Waals surface area contributed by atoms with E-state index in [1.54, 1.807) is 36.4 Å². The average Bonchev–Trinajstić information content (AvgIpc) is 2.59. The molecule has 2 rings (SSSR count). The fourth-order valence-electron chi connectivity index (χ4n) is 2.25. The Hall–Kier alpha value is -2.09. The van der Waals surface area contributed by atoms with Crippen LogP contribution in [0.2, 0.25) is 0 Å². The zero-order chi connectivity index (χ0) is 18.3. The Labute approximate surface area is 160 Å². The molecular formula is C18H24ClN3O3S. The number of amides is 1. The number of carbonyl (C=O) groups is 1. The van der Waals surface area contributed by atoms with Crippen LogP contribution in [0.4, 0.5) is 5.69 Å². The summed E-state index contributed by atoms with van der Waals surface area (Å²) in [4.78, 5) is 12.5. The molecule has 2 aromatic rings. The van der Waals surface area contributed by atoms with Crippen LogP contribution < -0.4 is 15.4 Å². The molecule has 0 fully saturated rings. The van der Waals surface area contributed by atoms with E-state index in [-0.39, 0.29) is 28.9 Å². The van der Waals surface area contributed by atoms with Crippen molar-refractivity contribution < 1.29 is 13.2 Å². The molecular weight excluding hydrogens is 374 g/mol. The third-order valence-corrected chi connectivity index (χ3v) is 5.02. The lowest BCUT2D eigenvalue weighted by Gasteiger charge is -2.13. The number of rotatable bonds is 8. The highest BCUT2D eigenvalue weighted by Gasteiger charge is 2.18. The maximum Gasteiger partial charge on any atom is 0.261 e. The Kier molecular flexibility index (Phi) is 8.57. The molecule has 0 bridgehead atoms. The van der Waals surface area contributed by atoms with E-state index in [1.165, 1.54) is 12.1 Å². The van der Waals surface area contributed by atoms with E-state index < -0.39 is 10.0 Å². The Morgan fingerprint density at radius 2 is 1.65 bits per heavy atom. The second-order valence-corrected chi connectivity index (χ2v) is 7.36. The Morgan fingerprint density at radius 1 is 1.00 bits per heavy atom. The van der Waals surface area contributed by atoms with Crippen molar-refractivity contribution in [2.24, 2.45) is 0 Å². The number of para-hydroxylation sites is 1. The number of aryl methyl sites for hydroxylation is 1. The van der Waals surface area contributed by atoms with Gasteiger partial charge in [-0.05, 0) is 51.2 Å². The van der Waals surface area contributed by atoms with Crippen LogP contribution in [-0.4, -0.2) is 34.5 Å². The molecule has 0 aliphatic heterocycles. The summed E-state index contributed by atoms with van der Waals surface area (Å²) in [7, 11) is -1.91. The highest BCUT2D eigenvalue weighted by molar-refractivity contribution is 7.92. The van der Waals surface area contributed by atoms with Crippen LogP contribution in [0, 0.1) is 6.92 Å². The van der Waals surface area contributed by atoms with Crippen molar-refractivity contribution in [3.05, 3.63) is 59.7 Å². The minimum atomic E-state index is -3.76. The molecule has 0 saturated carbocycles. The first-order valence-corrected chi connectivity index (χ1v) is 9.53. The van der Waals surface area contributed by atoms with Crippen molar-refractivity contribution in [3.8, 4) is 0 Å². The van der Waals surface area contributed by atoms with Crippen molar-refractivity contribution in [1.29, 1.82) is 0 Å². The molecule has 6 nitrogen and oxygen atoms in total. The van der Waals surface area contributed by atoms with E-state index in [1.807, 2.05) is 14.0 Å². The summed E-state index contributed by atoms with van der Waals surface area (Å²) >= 11 is 0. The van der Waals surface area contributed by atoms with E-state index >= 15 is 0 Å². The minimum absolute atomic E-state index is 0. The fourth-order valence-corrected chi connectivity index (χ4v) is 3.33. The molecule has 0 saturated heterocycles. The van der Waals surface area contributed by atoms with E-state index in [4.69, 9.17) is 0 Å². The lowest BCUT2D eigenvalue weighted by molar-refractivity contribution is 0.0954. The molecule has 26 heavy (non-hydrogen) atoms. The molecule has 3 N–H and O–H groups in total. The first-order valence-electron chi connectivity index (χ1n) is 8.05. The van der Waals surface area contributed by atoms with Crippen LogP contribution in [0.3, 0.4) is 0 Å². The molecule has 0 atom stereocenters. The summed E-state index contributed by atoms with van der Waals surface area (Å²) in [5.74, 6) is -0.307. The molecule has 0 unspecified atom stereocenters. The predicted molar refractivity (Wildman–Crippen MR) is 107 cm³/mol. The number of anilines is 1. The zero-order valence-corrected chi connectivity index (χ0v) is 16.4. The quantitative estimate of drug-likeness (QED) is 0.597. The number of halogens is 1. The number of sulfonamides is 1. The first-order chi connectivity index (χ1) is 11.9. The highest BCUT2D eigenvalue weighted by atomic mass is 35.5. The molecule has 8 heteroatoms. The third-order valence-electron chi connectivity index (χ3n) is 3.64. The number of hydrogen-bond acceptors (Lipinski definition) is 4. The van der Waals surface area contributed by atoms with Gasteiger partial charge in [0.2, 0.25) is 0 Å². The van der Waals surface area contributed by atoms with Gasteiger partial charge >= 0.3 is 0 Å². The molecule has 2 aromatic carbocycles. The standard InChI is InChI=1S/C18H23N3O3S.ClH/c1-14-8-10-15(11-9-14)25(23,24)21-17-7-4-3-6-16(17)18(22)20-13-5-12-19-2;/h3-4,6-11,19,21H,5,12-13H2,1-2H3,(H,20,22);1H. The Bertz CT molecular complexity index is 824. The lowest BCUT2D eigenvalue weighted by atomic mass is 10.1. The first kappa shape index (κ1) is 22.0. The molecule has 0 heterocycles. The van der Waals surface area contributed by atoms with Gasteiger partial charge in [0.15, 0.2) is 0 Å². The maximum absolute atomic E-state index is 12.5. The lowest BCUT2D eigenvalue weighted by Crippen LogP contribution is -2.27. The van der Waals surface area contributed by atoms with Gasteiger partial charge in [0.25, 0.3) is 15.9 Å². The van der Waals surface area contributed by atoms with Gasteiger partial charge < -0.3 is 10.6 Å². The van der Waals surface area contributed by atoms with Gasteiger partial charge in [-0.2, -0.15) is 0 Å².